The van der Waals surface area contributed by atoms with E-state index in [0.717, 1.165) is 0 Å². The fraction of sp³-hybridized carbons (Fsp3) is 0.500. The highest BCUT2D eigenvalue weighted by atomic mass is 16.5. The number of benzene rings is 1. The Morgan fingerprint density at radius 3 is 2.77 bits per heavy atom. The average Bonchev–Trinajstić information content (AvgIpc) is 2.52. The standard InChI is InChI=1S/C16H21NO5/c1-11-14(16(19)20)7-4-8-17(11)15(18)10-22-13-6-3-5-12(9-13)21-2/h3,5-6,9,11,14H,4,7-8,10H2,1-2H3,(H,19,20)/t11-,14-/m0/s1. The van der Waals surface area contributed by atoms with Gasteiger partial charge in [-0.3, -0.25) is 9.59 Å². The van der Waals surface area contributed by atoms with Gasteiger partial charge in [0.25, 0.3) is 5.91 Å². The molecule has 2 rings (SSSR count). The van der Waals surface area contributed by atoms with Crippen molar-refractivity contribution >= 4 is 11.9 Å². The molecule has 1 heterocycles. The predicted octanol–water partition coefficient (Wildman–Crippen LogP) is 1.79. The summed E-state index contributed by atoms with van der Waals surface area (Å²) in [5.41, 5.74) is 0. The normalized spacial score (nSPS) is 21.3. The number of carboxylic acids is 1. The van der Waals surface area contributed by atoms with Gasteiger partial charge in [0.05, 0.1) is 13.0 Å². The zero-order chi connectivity index (χ0) is 16.1. The number of likely N-dealkylation sites (tertiary alicyclic amines) is 1. The highest BCUT2D eigenvalue weighted by molar-refractivity contribution is 5.80. The molecule has 0 unspecified atom stereocenters. The Labute approximate surface area is 129 Å². The van der Waals surface area contributed by atoms with Gasteiger partial charge < -0.3 is 19.5 Å². The zero-order valence-electron chi connectivity index (χ0n) is 12.8. The second kappa shape index (κ2) is 7.15. The molecule has 1 saturated heterocycles. The van der Waals surface area contributed by atoms with Crippen LogP contribution in [0.25, 0.3) is 0 Å². The van der Waals surface area contributed by atoms with Gasteiger partial charge in [-0.1, -0.05) is 6.07 Å². The van der Waals surface area contributed by atoms with Crippen LogP contribution in [0, 0.1) is 5.92 Å². The lowest BCUT2D eigenvalue weighted by Crippen LogP contribution is -2.50. The van der Waals surface area contributed by atoms with Gasteiger partial charge in [0.15, 0.2) is 6.61 Å². The number of methoxy groups -OCH3 is 1. The molecule has 1 aliphatic rings. The predicted molar refractivity (Wildman–Crippen MR) is 80.0 cm³/mol. The zero-order valence-corrected chi connectivity index (χ0v) is 12.8. The minimum atomic E-state index is -0.848. The van der Waals surface area contributed by atoms with Crippen molar-refractivity contribution in [1.29, 1.82) is 0 Å². The van der Waals surface area contributed by atoms with E-state index in [9.17, 15) is 14.7 Å². The van der Waals surface area contributed by atoms with Crippen LogP contribution in [-0.4, -0.2) is 48.2 Å². The molecule has 1 aromatic carbocycles. The van der Waals surface area contributed by atoms with E-state index in [2.05, 4.69) is 0 Å². The summed E-state index contributed by atoms with van der Waals surface area (Å²) in [7, 11) is 1.56. The summed E-state index contributed by atoms with van der Waals surface area (Å²) in [6.07, 6.45) is 1.31. The molecule has 0 radical (unpaired) electrons. The quantitative estimate of drug-likeness (QED) is 0.897. The third-order valence-electron chi connectivity index (χ3n) is 4.03. The molecular weight excluding hydrogens is 286 g/mol. The molecule has 0 bridgehead atoms. The molecule has 6 heteroatoms. The van der Waals surface area contributed by atoms with Crippen LogP contribution >= 0.6 is 0 Å². The van der Waals surface area contributed by atoms with Crippen LogP contribution in [0.2, 0.25) is 0 Å². The highest BCUT2D eigenvalue weighted by Crippen LogP contribution is 2.24. The van der Waals surface area contributed by atoms with Gasteiger partial charge in [0.1, 0.15) is 11.5 Å². The summed E-state index contributed by atoms with van der Waals surface area (Å²) < 4.78 is 10.6. The van der Waals surface area contributed by atoms with Crippen molar-refractivity contribution in [1.82, 2.24) is 4.90 Å². The van der Waals surface area contributed by atoms with Crippen LogP contribution in [-0.2, 0) is 9.59 Å². The molecule has 6 nitrogen and oxygen atoms in total. The van der Waals surface area contributed by atoms with E-state index in [0.29, 0.717) is 30.9 Å². The Hall–Kier alpha value is -2.24. The molecule has 0 saturated carbocycles. The number of carbonyl (C=O) groups is 2. The van der Waals surface area contributed by atoms with Crippen LogP contribution in [0.5, 0.6) is 11.5 Å². The van der Waals surface area contributed by atoms with Crippen molar-refractivity contribution in [3.05, 3.63) is 24.3 Å². The minimum absolute atomic E-state index is 0.107. The molecule has 22 heavy (non-hydrogen) atoms. The average molecular weight is 307 g/mol. The maximum absolute atomic E-state index is 12.3. The van der Waals surface area contributed by atoms with Gasteiger partial charge in [-0.15, -0.1) is 0 Å². The Kier molecular flexibility index (Phi) is 5.25. The Morgan fingerprint density at radius 2 is 2.09 bits per heavy atom. The van der Waals surface area contributed by atoms with Crippen LogP contribution in [0.3, 0.4) is 0 Å². The summed E-state index contributed by atoms with van der Waals surface area (Å²) in [6, 6.07) is 6.71. The molecule has 0 spiro atoms. The third kappa shape index (κ3) is 3.69. The monoisotopic (exact) mass is 307 g/mol. The van der Waals surface area contributed by atoms with Crippen molar-refractivity contribution in [3.8, 4) is 11.5 Å². The fourth-order valence-electron chi connectivity index (χ4n) is 2.74. The van der Waals surface area contributed by atoms with E-state index < -0.39 is 11.9 Å². The molecule has 1 aromatic rings. The molecule has 0 aliphatic carbocycles. The first-order valence-corrected chi connectivity index (χ1v) is 7.32. The second-order valence-corrected chi connectivity index (χ2v) is 5.38. The summed E-state index contributed by atoms with van der Waals surface area (Å²) >= 11 is 0. The smallest absolute Gasteiger partial charge is 0.308 e. The first-order chi connectivity index (χ1) is 10.5. The minimum Gasteiger partial charge on any atom is -0.497 e. The molecule has 1 N–H and O–H groups in total. The van der Waals surface area contributed by atoms with Crippen molar-refractivity contribution < 1.29 is 24.2 Å². The number of ether oxygens (including phenoxy) is 2. The molecule has 0 aromatic heterocycles. The molecular formula is C16H21NO5. The van der Waals surface area contributed by atoms with E-state index in [-0.39, 0.29) is 18.6 Å². The molecule has 1 fully saturated rings. The summed E-state index contributed by atoms with van der Waals surface area (Å²) in [5, 5.41) is 9.19. The van der Waals surface area contributed by atoms with Crippen molar-refractivity contribution in [2.75, 3.05) is 20.3 Å². The van der Waals surface area contributed by atoms with Crippen molar-refractivity contribution in [2.24, 2.45) is 5.92 Å². The lowest BCUT2D eigenvalue weighted by molar-refractivity contribution is -0.149. The molecule has 1 amide bonds. The van der Waals surface area contributed by atoms with Crippen LogP contribution in [0.4, 0.5) is 0 Å². The van der Waals surface area contributed by atoms with E-state index >= 15 is 0 Å². The Balaban J connectivity index is 1.95. The number of amides is 1. The number of hydrogen-bond donors (Lipinski definition) is 1. The largest absolute Gasteiger partial charge is 0.497 e. The maximum Gasteiger partial charge on any atom is 0.308 e. The molecule has 2 atom stereocenters. The number of rotatable bonds is 5. The number of carbonyl (C=O) groups excluding carboxylic acids is 1. The van der Waals surface area contributed by atoms with E-state index in [1.54, 1.807) is 43.2 Å². The second-order valence-electron chi connectivity index (χ2n) is 5.38. The number of nitrogens with zero attached hydrogens (tertiary/aromatic N) is 1. The number of piperidine rings is 1. The van der Waals surface area contributed by atoms with Gasteiger partial charge in [0.2, 0.25) is 0 Å². The van der Waals surface area contributed by atoms with Crippen LogP contribution < -0.4 is 9.47 Å². The van der Waals surface area contributed by atoms with Crippen molar-refractivity contribution in [2.45, 2.75) is 25.8 Å². The van der Waals surface area contributed by atoms with E-state index in [1.165, 1.54) is 0 Å². The maximum atomic E-state index is 12.3. The molecule has 1 aliphatic heterocycles. The topological polar surface area (TPSA) is 76.1 Å². The first-order valence-electron chi connectivity index (χ1n) is 7.32. The Morgan fingerprint density at radius 1 is 1.36 bits per heavy atom. The number of aliphatic carboxylic acids is 1. The van der Waals surface area contributed by atoms with Gasteiger partial charge in [-0.2, -0.15) is 0 Å². The van der Waals surface area contributed by atoms with Gasteiger partial charge >= 0.3 is 5.97 Å². The number of hydrogen-bond acceptors (Lipinski definition) is 4. The van der Waals surface area contributed by atoms with Gasteiger partial charge in [-0.05, 0) is 31.9 Å². The lowest BCUT2D eigenvalue weighted by Gasteiger charge is -2.37. The number of carboxylic acid groups (broad SMARTS) is 1. The van der Waals surface area contributed by atoms with Gasteiger partial charge in [0, 0.05) is 18.7 Å². The molecule has 120 valence electrons. The van der Waals surface area contributed by atoms with Crippen LogP contribution in [0.1, 0.15) is 19.8 Å². The Bertz CT molecular complexity index is 545. The SMILES string of the molecule is COc1cccc(OCC(=O)N2CCC[C@H](C(=O)O)[C@@H]2C)c1. The van der Waals surface area contributed by atoms with E-state index in [4.69, 9.17) is 9.47 Å². The first kappa shape index (κ1) is 16.1. The summed E-state index contributed by atoms with van der Waals surface area (Å²) in [6.45, 7) is 2.25. The fourth-order valence-corrected chi connectivity index (χ4v) is 2.74. The summed E-state index contributed by atoms with van der Waals surface area (Å²) in [4.78, 5) is 25.1. The van der Waals surface area contributed by atoms with E-state index in [1.807, 2.05) is 0 Å². The van der Waals surface area contributed by atoms with Crippen molar-refractivity contribution in [3.63, 3.8) is 0 Å². The lowest BCUT2D eigenvalue weighted by atomic mass is 9.90. The van der Waals surface area contributed by atoms with Crippen LogP contribution in [0.15, 0.2) is 24.3 Å². The third-order valence-corrected chi connectivity index (χ3v) is 4.03. The highest BCUT2D eigenvalue weighted by Gasteiger charge is 2.35. The summed E-state index contributed by atoms with van der Waals surface area (Å²) in [5.74, 6) is -0.344. The van der Waals surface area contributed by atoms with Gasteiger partial charge in [-0.25, -0.2) is 0 Å².